The van der Waals surface area contributed by atoms with Gasteiger partial charge in [-0.05, 0) is 32.0 Å². The predicted octanol–water partition coefficient (Wildman–Crippen LogP) is 3.00. The number of hydrogen-bond acceptors (Lipinski definition) is 12. The van der Waals surface area contributed by atoms with Crippen LogP contribution < -0.4 is 19.7 Å². The molecule has 0 spiro atoms. The molecular formula is C26H30F2N10O3. The SMILES string of the molecule is COc1cccc2c1nc(C(F)F)n2-c1nc(Nc2cnc(OC3CCN(C)CC3)nc2)nc(N2CCOCC2)n1. The van der Waals surface area contributed by atoms with Gasteiger partial charge in [0.05, 0.1) is 43.9 Å². The molecule has 41 heavy (non-hydrogen) atoms. The summed E-state index contributed by atoms with van der Waals surface area (Å²) in [7, 11) is 3.55. The van der Waals surface area contributed by atoms with Crippen molar-refractivity contribution in [1.29, 1.82) is 0 Å². The number of imidazole rings is 1. The predicted molar refractivity (Wildman–Crippen MR) is 145 cm³/mol. The van der Waals surface area contributed by atoms with Crippen molar-refractivity contribution in [2.24, 2.45) is 0 Å². The maximum atomic E-state index is 14.2. The third-order valence-corrected chi connectivity index (χ3v) is 7.02. The molecule has 0 saturated carbocycles. The number of likely N-dealkylation sites (tertiary alicyclic amines) is 1. The lowest BCUT2D eigenvalue weighted by atomic mass is 10.1. The lowest BCUT2D eigenvalue weighted by Gasteiger charge is -2.28. The second kappa shape index (κ2) is 11.7. The first-order valence-electron chi connectivity index (χ1n) is 13.4. The van der Waals surface area contributed by atoms with E-state index in [4.69, 9.17) is 14.2 Å². The first kappa shape index (κ1) is 27.0. The molecular weight excluding hydrogens is 538 g/mol. The summed E-state index contributed by atoms with van der Waals surface area (Å²) in [5.74, 6) is 0.290. The van der Waals surface area contributed by atoms with Crippen molar-refractivity contribution < 1.29 is 23.0 Å². The van der Waals surface area contributed by atoms with Gasteiger partial charge in [-0.1, -0.05) is 6.07 Å². The van der Waals surface area contributed by atoms with E-state index >= 15 is 0 Å². The van der Waals surface area contributed by atoms with Crippen molar-refractivity contribution in [2.45, 2.75) is 25.4 Å². The normalized spacial score (nSPS) is 16.9. The number of ether oxygens (including phenoxy) is 3. The monoisotopic (exact) mass is 568 g/mol. The van der Waals surface area contributed by atoms with Crippen molar-refractivity contribution in [1.82, 2.24) is 39.4 Å². The van der Waals surface area contributed by atoms with Gasteiger partial charge in [-0.2, -0.15) is 15.0 Å². The molecule has 1 aromatic carbocycles. The fraction of sp³-hybridized carbons (Fsp3) is 0.462. The molecule has 4 aromatic rings. The van der Waals surface area contributed by atoms with Crippen LogP contribution >= 0.6 is 0 Å². The molecule has 216 valence electrons. The molecule has 13 nitrogen and oxygen atoms in total. The number of morpholine rings is 1. The van der Waals surface area contributed by atoms with Gasteiger partial charge >= 0.3 is 6.01 Å². The number of nitrogens with zero attached hydrogens (tertiary/aromatic N) is 9. The van der Waals surface area contributed by atoms with Crippen LogP contribution in [-0.2, 0) is 4.74 Å². The Kier molecular flexibility index (Phi) is 7.69. The Hall–Kier alpha value is -4.24. The summed E-state index contributed by atoms with van der Waals surface area (Å²) in [6.45, 7) is 3.98. The van der Waals surface area contributed by atoms with Crippen LogP contribution in [0.1, 0.15) is 25.1 Å². The van der Waals surface area contributed by atoms with Gasteiger partial charge in [0.2, 0.25) is 17.8 Å². The van der Waals surface area contributed by atoms with Crippen LogP contribution in [0.4, 0.5) is 26.4 Å². The van der Waals surface area contributed by atoms with E-state index in [2.05, 4.69) is 47.2 Å². The van der Waals surface area contributed by atoms with Gasteiger partial charge in [-0.25, -0.2) is 23.7 Å². The van der Waals surface area contributed by atoms with Crippen molar-refractivity contribution in [2.75, 3.05) is 63.8 Å². The number of piperidine rings is 1. The zero-order chi connectivity index (χ0) is 28.3. The van der Waals surface area contributed by atoms with Crippen LogP contribution in [0.3, 0.4) is 0 Å². The first-order chi connectivity index (χ1) is 20.0. The molecule has 0 bridgehead atoms. The van der Waals surface area contributed by atoms with Gasteiger partial charge in [-0.3, -0.25) is 4.57 Å². The Morgan fingerprint density at radius 1 is 0.976 bits per heavy atom. The molecule has 2 saturated heterocycles. The lowest BCUT2D eigenvalue weighted by Crippen LogP contribution is -2.37. The highest BCUT2D eigenvalue weighted by atomic mass is 19.3. The highest BCUT2D eigenvalue weighted by Gasteiger charge is 2.26. The van der Waals surface area contributed by atoms with Crippen molar-refractivity contribution >= 4 is 28.6 Å². The number of nitrogens with one attached hydrogen (secondary N) is 1. The number of para-hydroxylation sites is 1. The third-order valence-electron chi connectivity index (χ3n) is 7.02. The number of aromatic nitrogens is 7. The molecule has 0 radical (unpaired) electrons. The van der Waals surface area contributed by atoms with E-state index in [-0.39, 0.29) is 29.5 Å². The summed E-state index contributed by atoms with van der Waals surface area (Å²) in [5, 5.41) is 3.09. The van der Waals surface area contributed by atoms with E-state index < -0.39 is 12.2 Å². The van der Waals surface area contributed by atoms with Gasteiger partial charge in [0, 0.05) is 26.2 Å². The first-order valence-corrected chi connectivity index (χ1v) is 13.4. The molecule has 2 fully saturated rings. The van der Waals surface area contributed by atoms with Crippen LogP contribution in [-0.4, -0.2) is 99.0 Å². The Balaban J connectivity index is 1.34. The van der Waals surface area contributed by atoms with E-state index in [9.17, 15) is 8.78 Å². The molecule has 1 N–H and O–H groups in total. The quantitative estimate of drug-likeness (QED) is 0.336. The number of fused-ring (bicyclic) bond motifs is 1. The van der Waals surface area contributed by atoms with E-state index in [1.807, 2.05) is 4.90 Å². The number of methoxy groups -OCH3 is 1. The highest BCUT2D eigenvalue weighted by Crippen LogP contribution is 2.32. The lowest BCUT2D eigenvalue weighted by molar-refractivity contribution is 0.105. The van der Waals surface area contributed by atoms with Crippen molar-refractivity contribution in [3.8, 4) is 17.7 Å². The van der Waals surface area contributed by atoms with Crippen LogP contribution in [0.5, 0.6) is 11.8 Å². The second-order valence-corrected chi connectivity index (χ2v) is 9.79. The topological polar surface area (TPSA) is 128 Å². The number of halogens is 2. The number of anilines is 3. The summed E-state index contributed by atoms with van der Waals surface area (Å²) < 4.78 is 46.5. The van der Waals surface area contributed by atoms with Crippen molar-refractivity contribution in [3.05, 3.63) is 36.4 Å². The second-order valence-electron chi connectivity index (χ2n) is 9.79. The minimum atomic E-state index is -2.89. The fourth-order valence-electron chi connectivity index (χ4n) is 4.85. The van der Waals surface area contributed by atoms with Crippen LogP contribution in [0.25, 0.3) is 17.0 Å². The van der Waals surface area contributed by atoms with Crippen LogP contribution in [0.15, 0.2) is 30.6 Å². The van der Waals surface area contributed by atoms with E-state index in [0.29, 0.717) is 49.2 Å². The fourth-order valence-corrected chi connectivity index (χ4v) is 4.85. The van der Waals surface area contributed by atoms with Crippen LogP contribution in [0, 0.1) is 0 Å². The summed E-state index contributed by atoms with van der Waals surface area (Å²) in [6.07, 6.45) is 2.13. The molecule has 2 aliphatic rings. The van der Waals surface area contributed by atoms with E-state index in [0.717, 1.165) is 25.9 Å². The molecule has 0 atom stereocenters. The standard InChI is InChI=1S/C26H30F2N10O3/c1-36-8-6-17(7-9-36)41-26-29-14-16(15-30-26)31-23-33-24(37-10-12-40-13-11-37)35-25(34-23)38-18-4-3-5-19(39-2)20(18)32-22(38)21(27)28/h3-5,14-15,17,21H,6-13H2,1-2H3,(H,31,33,34,35). The number of benzene rings is 1. The Morgan fingerprint density at radius 3 is 2.41 bits per heavy atom. The smallest absolute Gasteiger partial charge is 0.316 e. The van der Waals surface area contributed by atoms with Gasteiger partial charge in [-0.15, -0.1) is 0 Å². The molecule has 5 heterocycles. The minimum absolute atomic E-state index is 0.0156. The maximum absolute atomic E-state index is 14.2. The summed E-state index contributed by atoms with van der Waals surface area (Å²) in [6, 6.07) is 5.31. The molecule has 0 unspecified atom stereocenters. The molecule has 2 aliphatic heterocycles. The zero-order valence-electron chi connectivity index (χ0n) is 22.7. The number of rotatable bonds is 8. The highest BCUT2D eigenvalue weighted by molar-refractivity contribution is 5.84. The van der Waals surface area contributed by atoms with Gasteiger partial charge in [0.1, 0.15) is 17.4 Å². The molecule has 6 rings (SSSR count). The van der Waals surface area contributed by atoms with Crippen molar-refractivity contribution in [3.63, 3.8) is 0 Å². The van der Waals surface area contributed by atoms with Gasteiger partial charge in [0.15, 0.2) is 5.82 Å². The Bertz CT molecular complexity index is 1490. The average molecular weight is 569 g/mol. The minimum Gasteiger partial charge on any atom is -0.494 e. The number of alkyl halides is 2. The summed E-state index contributed by atoms with van der Waals surface area (Å²) >= 11 is 0. The molecule has 0 amide bonds. The van der Waals surface area contributed by atoms with Crippen LogP contribution in [0.2, 0.25) is 0 Å². The number of hydrogen-bond donors (Lipinski definition) is 1. The largest absolute Gasteiger partial charge is 0.494 e. The zero-order valence-corrected chi connectivity index (χ0v) is 22.7. The Morgan fingerprint density at radius 2 is 1.71 bits per heavy atom. The summed E-state index contributed by atoms with van der Waals surface area (Å²) in [5.41, 5.74) is 1.15. The van der Waals surface area contributed by atoms with E-state index in [1.54, 1.807) is 30.6 Å². The molecule has 0 aliphatic carbocycles. The maximum Gasteiger partial charge on any atom is 0.316 e. The average Bonchev–Trinajstić information content (AvgIpc) is 3.40. The Labute approximate surface area is 234 Å². The van der Waals surface area contributed by atoms with Gasteiger partial charge < -0.3 is 29.3 Å². The molecule has 15 heteroatoms. The van der Waals surface area contributed by atoms with E-state index in [1.165, 1.54) is 11.7 Å². The van der Waals surface area contributed by atoms with Gasteiger partial charge in [0.25, 0.3) is 6.43 Å². The summed E-state index contributed by atoms with van der Waals surface area (Å²) in [4.78, 5) is 30.7. The third kappa shape index (κ3) is 5.81. The molecule has 3 aromatic heterocycles.